The Balaban J connectivity index is 2.00. The third kappa shape index (κ3) is 8.20. The Morgan fingerprint density at radius 3 is 2.42 bits per heavy atom. The molecule has 3 atom stereocenters. The molecule has 1 aromatic carbocycles. The first-order valence-electron chi connectivity index (χ1n) is 13.9. The third-order valence-electron chi connectivity index (χ3n) is 7.09. The molecule has 1 aliphatic carbocycles. The highest BCUT2D eigenvalue weighted by Gasteiger charge is 2.48. The lowest BCUT2D eigenvalue weighted by molar-refractivity contribution is -0.137. The van der Waals surface area contributed by atoms with Crippen LogP contribution in [0.5, 0.6) is 0 Å². The first-order valence-corrected chi connectivity index (χ1v) is 14.7. The normalized spacial score (nSPS) is 22.1. The highest BCUT2D eigenvalue weighted by Crippen LogP contribution is 2.43. The van der Waals surface area contributed by atoms with Crippen LogP contribution in [0.4, 0.5) is 0 Å². The number of amides is 2. The fraction of sp³-hybridized carbons (Fsp3) is 0.548. The molecule has 1 aromatic rings. The summed E-state index contributed by atoms with van der Waals surface area (Å²) in [5, 5.41) is 11.8. The molecule has 2 N–H and O–H groups in total. The molecule has 7 nitrogen and oxygen atoms in total. The number of allylic oxidation sites excluding steroid dienone is 3. The van der Waals surface area contributed by atoms with E-state index in [0.29, 0.717) is 41.1 Å². The zero-order valence-corrected chi connectivity index (χ0v) is 25.8. The Labute approximate surface area is 247 Å². The van der Waals surface area contributed by atoms with Crippen LogP contribution < -0.4 is 5.32 Å². The lowest BCUT2D eigenvalue weighted by Crippen LogP contribution is -2.48. The number of benzene rings is 1. The molecule has 0 radical (unpaired) electrons. The third-order valence-corrected chi connectivity index (χ3v) is 7.63. The molecule has 40 heavy (non-hydrogen) atoms. The van der Waals surface area contributed by atoms with Crippen LogP contribution in [0.25, 0.3) is 0 Å². The standard InChI is InChI=1S/C31H41Cl2N3O4/c1-19(2)18-31(6)35-27(22-15-23(32)17-24(33)16-22)29(40)36(31)25(11-13-30(3,4)5)20-7-9-21(10-8-20)28(39)34-14-12-26(37)38/h7-10,15-16,19,23,25H,11-14,17-18H2,1-6H3,(H,34,39)(H,37,38)/t23?,25-,31?/m1/s1. The number of hydrogen-bond donors (Lipinski definition) is 2. The summed E-state index contributed by atoms with van der Waals surface area (Å²) in [5.41, 5.74) is 1.63. The second-order valence-corrected chi connectivity index (χ2v) is 13.6. The van der Waals surface area contributed by atoms with Gasteiger partial charge >= 0.3 is 5.97 Å². The summed E-state index contributed by atoms with van der Waals surface area (Å²) in [6, 6.07) is 6.93. The SMILES string of the molecule is CC(C)CC1(C)N=C(C2=CC(Cl)CC(Cl)=C2)C(=O)N1[C@H](CCC(C)(C)C)c1ccc(C(=O)NCCC(=O)O)cc1. The Morgan fingerprint density at radius 2 is 1.88 bits per heavy atom. The largest absolute Gasteiger partial charge is 0.481 e. The zero-order valence-electron chi connectivity index (χ0n) is 24.3. The molecule has 0 saturated heterocycles. The second kappa shape index (κ2) is 12.9. The molecular formula is C31H41Cl2N3O4. The second-order valence-electron chi connectivity index (χ2n) is 12.5. The van der Waals surface area contributed by atoms with Gasteiger partial charge in [0.25, 0.3) is 11.8 Å². The Bertz CT molecular complexity index is 1210. The van der Waals surface area contributed by atoms with Crippen LogP contribution in [-0.4, -0.2) is 51.1 Å². The molecule has 0 bridgehead atoms. The maximum atomic E-state index is 14.2. The van der Waals surface area contributed by atoms with Gasteiger partial charge in [-0.3, -0.25) is 19.4 Å². The van der Waals surface area contributed by atoms with Crippen LogP contribution in [0, 0.1) is 11.3 Å². The summed E-state index contributed by atoms with van der Waals surface area (Å²) >= 11 is 12.8. The number of carboxylic acid groups (broad SMARTS) is 1. The fourth-order valence-electron chi connectivity index (χ4n) is 5.38. The smallest absolute Gasteiger partial charge is 0.305 e. The van der Waals surface area contributed by atoms with E-state index in [1.54, 1.807) is 18.2 Å². The van der Waals surface area contributed by atoms with E-state index in [-0.39, 0.29) is 47.5 Å². The summed E-state index contributed by atoms with van der Waals surface area (Å²) in [6.45, 7) is 12.8. The molecule has 0 aromatic heterocycles. The average Bonchev–Trinajstić information content (AvgIpc) is 3.07. The number of aliphatic carboxylic acids is 1. The monoisotopic (exact) mass is 589 g/mol. The maximum absolute atomic E-state index is 14.2. The van der Waals surface area contributed by atoms with Gasteiger partial charge in [0.2, 0.25) is 0 Å². The number of rotatable bonds is 11. The Hall–Kier alpha value is -2.64. The minimum absolute atomic E-state index is 0.0388. The van der Waals surface area contributed by atoms with Crippen molar-refractivity contribution in [2.75, 3.05) is 6.54 Å². The molecule has 0 spiro atoms. The number of nitrogens with zero attached hydrogens (tertiary/aromatic N) is 2. The molecule has 1 aliphatic heterocycles. The maximum Gasteiger partial charge on any atom is 0.305 e. The number of carbonyl (C=O) groups is 3. The molecule has 0 fully saturated rings. The van der Waals surface area contributed by atoms with E-state index in [9.17, 15) is 14.4 Å². The predicted octanol–water partition coefficient (Wildman–Crippen LogP) is 6.86. The van der Waals surface area contributed by atoms with Gasteiger partial charge in [-0.05, 0) is 61.3 Å². The minimum atomic E-state index is -0.970. The van der Waals surface area contributed by atoms with Gasteiger partial charge in [-0.1, -0.05) is 64.4 Å². The van der Waals surface area contributed by atoms with Crippen LogP contribution in [0.3, 0.4) is 0 Å². The van der Waals surface area contributed by atoms with E-state index in [4.69, 9.17) is 33.3 Å². The molecule has 218 valence electrons. The van der Waals surface area contributed by atoms with Crippen molar-refractivity contribution in [3.8, 4) is 0 Å². The van der Waals surface area contributed by atoms with Crippen LogP contribution in [-0.2, 0) is 9.59 Å². The van der Waals surface area contributed by atoms with Crippen molar-refractivity contribution in [1.29, 1.82) is 0 Å². The van der Waals surface area contributed by atoms with Crippen LogP contribution >= 0.6 is 23.2 Å². The molecule has 3 rings (SSSR count). The summed E-state index contributed by atoms with van der Waals surface area (Å²) < 4.78 is 0. The van der Waals surface area contributed by atoms with Gasteiger partial charge in [0, 0.05) is 29.1 Å². The summed E-state index contributed by atoms with van der Waals surface area (Å²) in [7, 11) is 0. The van der Waals surface area contributed by atoms with Crippen molar-refractivity contribution in [1.82, 2.24) is 10.2 Å². The van der Waals surface area contributed by atoms with Crippen LogP contribution in [0.1, 0.15) is 95.6 Å². The van der Waals surface area contributed by atoms with E-state index in [2.05, 4.69) is 39.9 Å². The lowest BCUT2D eigenvalue weighted by Gasteiger charge is -2.41. The van der Waals surface area contributed by atoms with E-state index >= 15 is 0 Å². The van der Waals surface area contributed by atoms with Gasteiger partial charge in [0.05, 0.1) is 17.8 Å². The predicted molar refractivity (Wildman–Crippen MR) is 161 cm³/mol. The first-order chi connectivity index (χ1) is 18.6. The summed E-state index contributed by atoms with van der Waals surface area (Å²) in [4.78, 5) is 44.5. The molecule has 2 aliphatic rings. The van der Waals surface area contributed by atoms with E-state index in [0.717, 1.165) is 12.0 Å². The van der Waals surface area contributed by atoms with Crippen molar-refractivity contribution < 1.29 is 19.5 Å². The van der Waals surface area contributed by atoms with E-state index < -0.39 is 11.6 Å². The van der Waals surface area contributed by atoms with E-state index in [1.165, 1.54) is 0 Å². The van der Waals surface area contributed by atoms with Crippen LogP contribution in [0.2, 0.25) is 0 Å². The van der Waals surface area contributed by atoms with Crippen molar-refractivity contribution in [2.24, 2.45) is 16.3 Å². The number of halogens is 2. The topological polar surface area (TPSA) is 99.1 Å². The number of nitrogens with one attached hydrogen (secondary N) is 1. The molecule has 0 saturated carbocycles. The number of carboxylic acids is 1. The average molecular weight is 591 g/mol. The van der Waals surface area contributed by atoms with Gasteiger partial charge in [-0.25, -0.2) is 0 Å². The van der Waals surface area contributed by atoms with Crippen molar-refractivity contribution >= 4 is 46.7 Å². The van der Waals surface area contributed by atoms with Crippen LogP contribution in [0.15, 0.2) is 52.0 Å². The van der Waals surface area contributed by atoms with Crippen molar-refractivity contribution in [2.45, 2.75) is 90.7 Å². The quantitative estimate of drug-likeness (QED) is 0.275. The molecular weight excluding hydrogens is 549 g/mol. The highest BCUT2D eigenvalue weighted by molar-refractivity contribution is 6.48. The molecule has 1 heterocycles. The number of aliphatic imine (C=N–C) groups is 1. The Morgan fingerprint density at radius 1 is 1.23 bits per heavy atom. The summed E-state index contributed by atoms with van der Waals surface area (Å²) in [6.07, 6.45) is 6.27. The molecule has 2 unspecified atom stereocenters. The van der Waals surface area contributed by atoms with Crippen molar-refractivity contribution in [3.63, 3.8) is 0 Å². The summed E-state index contributed by atoms with van der Waals surface area (Å²) in [5.74, 6) is -1.18. The van der Waals surface area contributed by atoms with Gasteiger partial charge in [0.1, 0.15) is 11.4 Å². The van der Waals surface area contributed by atoms with Crippen molar-refractivity contribution in [3.05, 3.63) is 58.1 Å². The van der Waals surface area contributed by atoms with Gasteiger partial charge < -0.3 is 15.3 Å². The first kappa shape index (κ1) is 31.9. The highest BCUT2D eigenvalue weighted by atomic mass is 35.5. The number of hydrogen-bond acceptors (Lipinski definition) is 4. The fourth-order valence-corrected chi connectivity index (χ4v) is 6.04. The number of alkyl halides is 1. The molecule has 9 heteroatoms. The zero-order chi connectivity index (χ0) is 29.8. The van der Waals surface area contributed by atoms with Gasteiger partial charge in [0.15, 0.2) is 0 Å². The lowest BCUT2D eigenvalue weighted by atomic mass is 9.85. The van der Waals surface area contributed by atoms with Gasteiger partial charge in [-0.15, -0.1) is 11.6 Å². The number of carbonyl (C=O) groups excluding carboxylic acids is 2. The minimum Gasteiger partial charge on any atom is -0.481 e. The van der Waals surface area contributed by atoms with Gasteiger partial charge in [-0.2, -0.15) is 0 Å². The van der Waals surface area contributed by atoms with E-state index in [1.807, 2.05) is 30.0 Å². The Kier molecular flexibility index (Phi) is 10.3. The molecule has 2 amide bonds.